The van der Waals surface area contributed by atoms with Crippen LogP contribution >= 0.6 is 0 Å². The molecule has 0 fully saturated rings. The molecule has 0 aliphatic carbocycles. The minimum atomic E-state index is -4.16. The van der Waals surface area contributed by atoms with Crippen LogP contribution in [0.25, 0.3) is 0 Å². The number of hydrogen-bond donors (Lipinski definition) is 3. The van der Waals surface area contributed by atoms with E-state index in [0.717, 1.165) is 7.11 Å². The van der Waals surface area contributed by atoms with E-state index in [1.165, 1.54) is 0 Å². The van der Waals surface area contributed by atoms with Crippen LogP contribution in [0.15, 0.2) is 12.7 Å². The first kappa shape index (κ1) is 16.9. The average molecular weight is 243 g/mol. The Hall–Kier alpha value is -0.510. The molecule has 0 heterocycles. The molecule has 0 aromatic rings. The first-order valence-electron chi connectivity index (χ1n) is 3.91. The lowest BCUT2D eigenvalue weighted by molar-refractivity contribution is -0.0557. The van der Waals surface area contributed by atoms with Crippen molar-refractivity contribution in [2.75, 3.05) is 27.2 Å². The normalized spacial score (nSPS) is 11.1. The van der Waals surface area contributed by atoms with Gasteiger partial charge in [-0.25, -0.2) is 0 Å². The Labute approximate surface area is 89.5 Å². The minimum absolute atomic E-state index is 0.270. The Morgan fingerprint density at radius 2 is 1.93 bits per heavy atom. The fourth-order valence-corrected chi connectivity index (χ4v) is 0.574. The maximum atomic E-state index is 9.33. The molecule has 0 aromatic carbocycles. The third-order valence-corrected chi connectivity index (χ3v) is 1.55. The van der Waals surface area contributed by atoms with Gasteiger partial charge in [0.15, 0.2) is 6.29 Å². The number of rotatable bonds is 5. The Kier molecular flexibility index (Phi) is 9.88. The molecule has 15 heavy (non-hydrogen) atoms. The van der Waals surface area contributed by atoms with Crippen LogP contribution in [-0.2, 0) is 14.6 Å². The van der Waals surface area contributed by atoms with E-state index in [1.54, 1.807) is 18.0 Å². The van der Waals surface area contributed by atoms with Crippen LogP contribution in [-0.4, -0.2) is 61.6 Å². The van der Waals surface area contributed by atoms with E-state index in [4.69, 9.17) is 14.8 Å². The summed E-state index contributed by atoms with van der Waals surface area (Å²) in [7, 11) is -1.50. The predicted molar refractivity (Wildman–Crippen MR) is 54.5 cm³/mol. The molecule has 3 N–H and O–H groups in total. The van der Waals surface area contributed by atoms with Crippen LogP contribution in [0.3, 0.4) is 0 Å². The summed E-state index contributed by atoms with van der Waals surface area (Å²) >= 11 is 0. The van der Waals surface area contributed by atoms with Crippen molar-refractivity contribution in [1.82, 2.24) is 4.90 Å². The van der Waals surface area contributed by atoms with Gasteiger partial charge >= 0.3 is 10.4 Å². The quantitative estimate of drug-likeness (QED) is 0.318. The summed E-state index contributed by atoms with van der Waals surface area (Å²) in [4.78, 5) is 1.76. The molecule has 8 heteroatoms. The number of aliphatic hydroxyl groups excluding tert-OH is 1. The summed E-state index contributed by atoms with van der Waals surface area (Å²) in [6, 6.07) is 0. The van der Waals surface area contributed by atoms with Crippen LogP contribution in [0, 0.1) is 0 Å². The zero-order valence-electron chi connectivity index (χ0n) is 8.70. The predicted octanol–water partition coefficient (Wildman–Crippen LogP) is -1.15. The number of nitrogens with zero attached hydrogens (tertiary/aromatic N) is 1. The molecule has 92 valence electrons. The monoisotopic (exact) mass is 243 g/mol. The van der Waals surface area contributed by atoms with Crippen molar-refractivity contribution >= 4 is 10.4 Å². The lowest BCUT2D eigenvalue weighted by Gasteiger charge is -2.14. The fraction of sp³-hybridized carbons (Fsp3) is 0.714. The molecule has 0 radical (unpaired) electrons. The number of hydrogen-bond acceptors (Lipinski definition) is 6. The van der Waals surface area contributed by atoms with E-state index in [2.05, 4.69) is 10.8 Å². The Morgan fingerprint density at radius 3 is 2.13 bits per heavy atom. The molecule has 0 aromatic heterocycles. The number of aliphatic hydroxyl groups is 2. The van der Waals surface area contributed by atoms with Crippen molar-refractivity contribution in [3.63, 3.8) is 0 Å². The van der Waals surface area contributed by atoms with Gasteiger partial charge in [0.05, 0.1) is 7.11 Å². The van der Waals surface area contributed by atoms with Gasteiger partial charge < -0.3 is 10.2 Å². The molecular weight excluding hydrogens is 226 g/mol. The molecular formula is C7H17NO6S. The van der Waals surface area contributed by atoms with Gasteiger partial charge in [0.1, 0.15) is 0 Å². The summed E-state index contributed by atoms with van der Waals surface area (Å²) in [6.07, 6.45) is 0.470. The Morgan fingerprint density at radius 1 is 1.53 bits per heavy atom. The van der Waals surface area contributed by atoms with E-state index >= 15 is 0 Å². The largest absolute Gasteiger partial charge is 0.397 e. The van der Waals surface area contributed by atoms with E-state index in [1.807, 2.05) is 0 Å². The molecule has 7 nitrogen and oxygen atoms in total. The summed E-state index contributed by atoms with van der Waals surface area (Å²) in [5.41, 5.74) is 0. The van der Waals surface area contributed by atoms with Crippen molar-refractivity contribution < 1.29 is 27.4 Å². The van der Waals surface area contributed by atoms with Crippen molar-refractivity contribution in [2.24, 2.45) is 0 Å². The highest BCUT2D eigenvalue weighted by Gasteiger charge is 2.00. The van der Waals surface area contributed by atoms with Gasteiger partial charge in [-0.15, -0.1) is 6.58 Å². The first-order valence-corrected chi connectivity index (χ1v) is 5.28. The molecule has 0 aliphatic rings. The molecule has 0 aliphatic heterocycles. The third kappa shape index (κ3) is 19.8. The van der Waals surface area contributed by atoms with Gasteiger partial charge in [-0.05, 0) is 7.05 Å². The smallest absolute Gasteiger partial charge is 0.367 e. The standard InChI is InChI=1S/C6H13NO2.CH4O4S/c1-3-4-7(2)5-6(8)9;1-5-6(2,3)4/h3,6,8-9H,1,4-5H2,2H3;1H3,(H,2,3,4). The highest BCUT2D eigenvalue weighted by atomic mass is 32.3. The first-order chi connectivity index (χ1) is 6.72. The molecule has 0 unspecified atom stereocenters. The Bertz CT molecular complexity index is 250. The lowest BCUT2D eigenvalue weighted by Crippen LogP contribution is -2.28. The Balaban J connectivity index is 0. The van der Waals surface area contributed by atoms with Crippen molar-refractivity contribution in [1.29, 1.82) is 0 Å². The second kappa shape index (κ2) is 8.77. The zero-order valence-corrected chi connectivity index (χ0v) is 9.51. The summed E-state index contributed by atoms with van der Waals surface area (Å²) < 4.78 is 29.7. The second-order valence-electron chi connectivity index (χ2n) is 2.58. The van der Waals surface area contributed by atoms with Gasteiger partial charge in [0.2, 0.25) is 0 Å². The molecule has 0 saturated carbocycles. The second-order valence-corrected chi connectivity index (χ2v) is 3.77. The van der Waals surface area contributed by atoms with Gasteiger partial charge in [-0.1, -0.05) is 6.08 Å². The maximum absolute atomic E-state index is 9.33. The van der Waals surface area contributed by atoms with Crippen LogP contribution in [0.2, 0.25) is 0 Å². The van der Waals surface area contributed by atoms with Crippen LogP contribution in [0.1, 0.15) is 0 Å². The van der Waals surface area contributed by atoms with Crippen molar-refractivity contribution in [3.05, 3.63) is 12.7 Å². The molecule has 0 rings (SSSR count). The molecule has 0 atom stereocenters. The van der Waals surface area contributed by atoms with E-state index in [0.29, 0.717) is 6.54 Å². The van der Waals surface area contributed by atoms with E-state index in [-0.39, 0.29) is 6.54 Å². The molecule has 0 bridgehead atoms. The van der Waals surface area contributed by atoms with Gasteiger partial charge in [0, 0.05) is 13.1 Å². The van der Waals surface area contributed by atoms with Gasteiger partial charge in [-0.2, -0.15) is 8.42 Å². The highest BCUT2D eigenvalue weighted by Crippen LogP contribution is 1.84. The van der Waals surface area contributed by atoms with Crippen molar-refractivity contribution in [3.8, 4) is 0 Å². The zero-order chi connectivity index (χ0) is 12.5. The summed E-state index contributed by atoms with van der Waals surface area (Å²) in [5.74, 6) is 0. The SMILES string of the molecule is C=CCN(C)CC(O)O.COS(=O)(=O)O. The minimum Gasteiger partial charge on any atom is -0.367 e. The molecule has 0 amide bonds. The fourth-order valence-electron chi connectivity index (χ4n) is 0.574. The molecule has 0 spiro atoms. The third-order valence-electron chi connectivity index (χ3n) is 1.13. The number of likely N-dealkylation sites (N-methyl/N-ethyl adjacent to an activating group) is 1. The van der Waals surface area contributed by atoms with Crippen LogP contribution < -0.4 is 0 Å². The summed E-state index contributed by atoms with van der Waals surface area (Å²) in [6.45, 7) is 4.45. The van der Waals surface area contributed by atoms with Gasteiger partial charge in [0.25, 0.3) is 0 Å². The van der Waals surface area contributed by atoms with Crippen LogP contribution in [0.4, 0.5) is 0 Å². The van der Waals surface area contributed by atoms with Gasteiger partial charge in [-0.3, -0.25) is 13.6 Å². The topological polar surface area (TPSA) is 107 Å². The van der Waals surface area contributed by atoms with E-state index < -0.39 is 16.7 Å². The maximum Gasteiger partial charge on any atom is 0.397 e. The van der Waals surface area contributed by atoms with Crippen LogP contribution in [0.5, 0.6) is 0 Å². The average Bonchev–Trinajstić information content (AvgIpc) is 2.03. The summed E-state index contributed by atoms with van der Waals surface area (Å²) in [5, 5.41) is 16.9. The van der Waals surface area contributed by atoms with Crippen molar-refractivity contribution in [2.45, 2.75) is 6.29 Å². The molecule has 0 saturated heterocycles. The lowest BCUT2D eigenvalue weighted by atomic mass is 10.5. The highest BCUT2D eigenvalue weighted by molar-refractivity contribution is 7.80. The van der Waals surface area contributed by atoms with E-state index in [9.17, 15) is 8.42 Å².